The van der Waals surface area contributed by atoms with Crippen molar-refractivity contribution in [3.05, 3.63) is 64.1 Å². The van der Waals surface area contributed by atoms with E-state index in [1.54, 1.807) is 12.1 Å². The Kier molecular flexibility index (Phi) is 3.44. The highest BCUT2D eigenvalue weighted by molar-refractivity contribution is 6.11. The van der Waals surface area contributed by atoms with Gasteiger partial charge >= 0.3 is 11.9 Å². The molecule has 1 amide bonds. The molecule has 3 N–H and O–H groups in total. The molecule has 0 aliphatic rings. The average Bonchev–Trinajstić information content (AvgIpc) is 2.86. The van der Waals surface area contributed by atoms with Crippen LogP contribution in [0.1, 0.15) is 15.9 Å². The van der Waals surface area contributed by atoms with Crippen LogP contribution in [0.3, 0.4) is 0 Å². The van der Waals surface area contributed by atoms with E-state index >= 15 is 0 Å². The summed E-state index contributed by atoms with van der Waals surface area (Å²) in [6, 6.07) is 8.96. The summed E-state index contributed by atoms with van der Waals surface area (Å²) in [5, 5.41) is 2.40. The van der Waals surface area contributed by atoms with Gasteiger partial charge in [-0.3, -0.25) is 4.79 Å². The van der Waals surface area contributed by atoms with Gasteiger partial charge in [0.25, 0.3) is 5.91 Å². The number of hydrogen-bond acceptors (Lipinski definition) is 2. The molecule has 1 aromatic heterocycles. The van der Waals surface area contributed by atoms with Gasteiger partial charge in [-0.25, -0.2) is 4.79 Å². The summed E-state index contributed by atoms with van der Waals surface area (Å²) in [6.07, 6.45) is -4.49. The Balaban J connectivity index is 1.94. The van der Waals surface area contributed by atoms with E-state index in [1.165, 1.54) is 18.2 Å². The van der Waals surface area contributed by atoms with Crippen molar-refractivity contribution >= 4 is 22.6 Å². The Bertz CT molecular complexity index is 941. The van der Waals surface area contributed by atoms with Crippen molar-refractivity contribution < 1.29 is 18.0 Å². The lowest BCUT2D eigenvalue weighted by atomic mass is 10.1. The third-order valence-corrected chi connectivity index (χ3v) is 3.24. The van der Waals surface area contributed by atoms with Gasteiger partial charge in [0.15, 0.2) is 0 Å². The number of hydrogen-bond donors (Lipinski definition) is 3. The minimum Gasteiger partial charge on any atom is -0.322 e. The summed E-state index contributed by atoms with van der Waals surface area (Å²) in [4.78, 5) is 28.6. The summed E-state index contributed by atoms with van der Waals surface area (Å²) >= 11 is 0. The highest BCUT2D eigenvalue weighted by Crippen LogP contribution is 2.30. The lowest BCUT2D eigenvalue weighted by molar-refractivity contribution is -0.137. The van der Waals surface area contributed by atoms with Crippen LogP contribution in [0.25, 0.3) is 11.0 Å². The van der Waals surface area contributed by atoms with Crippen LogP contribution in [0.2, 0.25) is 0 Å². The minimum absolute atomic E-state index is 0.0136. The number of alkyl halides is 3. The summed E-state index contributed by atoms with van der Waals surface area (Å²) in [5.41, 5.74) is -0.436. The van der Waals surface area contributed by atoms with Gasteiger partial charge in [-0.15, -0.1) is 0 Å². The number of benzene rings is 2. The van der Waals surface area contributed by atoms with Crippen LogP contribution >= 0.6 is 0 Å². The van der Waals surface area contributed by atoms with Crippen LogP contribution in [-0.2, 0) is 6.18 Å². The molecule has 2 aromatic carbocycles. The zero-order valence-corrected chi connectivity index (χ0v) is 11.5. The van der Waals surface area contributed by atoms with Crippen molar-refractivity contribution in [1.82, 2.24) is 9.97 Å². The van der Waals surface area contributed by atoms with Crippen LogP contribution in [0.15, 0.2) is 47.3 Å². The van der Waals surface area contributed by atoms with Crippen LogP contribution in [0.5, 0.6) is 0 Å². The summed E-state index contributed by atoms with van der Waals surface area (Å²) in [6.45, 7) is 0. The zero-order valence-electron chi connectivity index (χ0n) is 11.5. The number of H-pyrrole nitrogens is 2. The second-order valence-corrected chi connectivity index (χ2v) is 4.84. The van der Waals surface area contributed by atoms with E-state index in [0.717, 1.165) is 12.1 Å². The van der Waals surface area contributed by atoms with E-state index in [1.807, 2.05) is 0 Å². The molecule has 0 aliphatic heterocycles. The van der Waals surface area contributed by atoms with E-state index in [9.17, 15) is 22.8 Å². The first-order valence-corrected chi connectivity index (χ1v) is 6.54. The number of aromatic amines is 2. The molecule has 1 heterocycles. The molecular formula is C15H10F3N3O2. The number of rotatable bonds is 2. The Hall–Kier alpha value is -3.03. The van der Waals surface area contributed by atoms with Crippen molar-refractivity contribution in [3.63, 3.8) is 0 Å². The number of halogens is 3. The highest BCUT2D eigenvalue weighted by Gasteiger charge is 2.30. The smallest absolute Gasteiger partial charge is 0.322 e. The number of fused-ring (bicyclic) bond motifs is 1. The molecule has 0 radical (unpaired) electrons. The summed E-state index contributed by atoms with van der Waals surface area (Å²) in [7, 11) is 0. The maximum absolute atomic E-state index is 12.7. The molecule has 0 spiro atoms. The molecule has 118 valence electrons. The van der Waals surface area contributed by atoms with Crippen LogP contribution in [-0.4, -0.2) is 15.9 Å². The van der Waals surface area contributed by atoms with Gasteiger partial charge in [0.05, 0.1) is 22.2 Å². The van der Waals surface area contributed by atoms with Gasteiger partial charge in [-0.05, 0) is 30.3 Å². The molecule has 0 saturated carbocycles. The van der Waals surface area contributed by atoms with Crippen molar-refractivity contribution in [3.8, 4) is 0 Å². The fourth-order valence-electron chi connectivity index (χ4n) is 2.22. The number of para-hydroxylation sites is 1. The third kappa shape index (κ3) is 2.96. The van der Waals surface area contributed by atoms with E-state index < -0.39 is 23.3 Å². The van der Waals surface area contributed by atoms with Gasteiger partial charge in [0.1, 0.15) is 0 Å². The molecule has 0 bridgehead atoms. The number of aromatic nitrogens is 2. The zero-order chi connectivity index (χ0) is 16.6. The number of carbonyl (C=O) groups is 1. The molecule has 0 saturated heterocycles. The number of anilines is 1. The van der Waals surface area contributed by atoms with Crippen molar-refractivity contribution in [1.29, 1.82) is 0 Å². The van der Waals surface area contributed by atoms with Gasteiger partial charge in [0, 0.05) is 5.69 Å². The van der Waals surface area contributed by atoms with Gasteiger partial charge in [-0.2, -0.15) is 13.2 Å². The normalized spacial score (nSPS) is 11.6. The van der Waals surface area contributed by atoms with Crippen molar-refractivity contribution in [2.45, 2.75) is 6.18 Å². The lowest BCUT2D eigenvalue weighted by Crippen LogP contribution is -2.14. The second-order valence-electron chi connectivity index (χ2n) is 4.84. The fraction of sp³-hybridized carbons (Fsp3) is 0.0667. The second kappa shape index (κ2) is 5.31. The average molecular weight is 321 g/mol. The quantitative estimate of drug-likeness (QED) is 0.678. The third-order valence-electron chi connectivity index (χ3n) is 3.24. The fourth-order valence-corrected chi connectivity index (χ4v) is 2.22. The van der Waals surface area contributed by atoms with Gasteiger partial charge < -0.3 is 15.3 Å². The monoisotopic (exact) mass is 321 g/mol. The van der Waals surface area contributed by atoms with Crippen LogP contribution in [0.4, 0.5) is 18.9 Å². The maximum atomic E-state index is 12.7. The van der Waals surface area contributed by atoms with Crippen LogP contribution in [0, 0.1) is 0 Å². The molecule has 0 atom stereocenters. The molecule has 0 fully saturated rings. The minimum atomic E-state index is -4.49. The van der Waals surface area contributed by atoms with E-state index in [4.69, 9.17) is 0 Å². The highest BCUT2D eigenvalue weighted by atomic mass is 19.4. The topological polar surface area (TPSA) is 77.8 Å². The Morgan fingerprint density at radius 3 is 2.52 bits per heavy atom. The van der Waals surface area contributed by atoms with Crippen molar-refractivity contribution in [2.24, 2.45) is 0 Å². The summed E-state index contributed by atoms with van der Waals surface area (Å²) in [5.74, 6) is -0.620. The predicted octanol–water partition coefficient (Wildman–Crippen LogP) is 3.13. The molecule has 0 unspecified atom stereocenters. The first-order valence-electron chi connectivity index (χ1n) is 6.54. The van der Waals surface area contributed by atoms with E-state index in [-0.39, 0.29) is 11.3 Å². The largest absolute Gasteiger partial charge is 0.416 e. The van der Waals surface area contributed by atoms with E-state index in [0.29, 0.717) is 11.0 Å². The lowest BCUT2D eigenvalue weighted by Gasteiger charge is -2.10. The Labute approximate surface area is 127 Å². The van der Waals surface area contributed by atoms with Crippen molar-refractivity contribution in [2.75, 3.05) is 5.32 Å². The molecule has 23 heavy (non-hydrogen) atoms. The standard InChI is InChI=1S/C15H10F3N3O2/c16-15(17,18)8-3-1-4-9(7-8)19-13(22)10-5-2-6-11-12(10)21-14(23)20-11/h1-7H,(H,19,22)(H2,20,21,23). The number of amides is 1. The molecule has 3 aromatic rings. The number of carbonyl (C=O) groups excluding carboxylic acids is 1. The molecule has 5 nitrogen and oxygen atoms in total. The van der Waals surface area contributed by atoms with Gasteiger partial charge in [-0.1, -0.05) is 12.1 Å². The maximum Gasteiger partial charge on any atom is 0.416 e. The summed E-state index contributed by atoms with van der Waals surface area (Å²) < 4.78 is 38.0. The Morgan fingerprint density at radius 1 is 1.04 bits per heavy atom. The molecular weight excluding hydrogens is 311 g/mol. The first-order chi connectivity index (χ1) is 10.8. The molecule has 3 rings (SSSR count). The number of imidazole rings is 1. The van der Waals surface area contributed by atoms with Gasteiger partial charge in [0.2, 0.25) is 0 Å². The van der Waals surface area contributed by atoms with E-state index in [2.05, 4.69) is 15.3 Å². The molecule has 8 heteroatoms. The predicted molar refractivity (Wildman–Crippen MR) is 78.3 cm³/mol. The molecule has 0 aliphatic carbocycles. The first kappa shape index (κ1) is 14.9. The Morgan fingerprint density at radius 2 is 1.78 bits per heavy atom. The van der Waals surface area contributed by atoms with Crippen LogP contribution < -0.4 is 11.0 Å². The SMILES string of the molecule is O=C(Nc1cccc(C(F)(F)F)c1)c1cccc2[nH]c(=O)[nH]c12. The number of nitrogens with one attached hydrogen (secondary N) is 3.